The number of anilines is 1. The minimum Gasteiger partial charge on any atom is -0.369 e. The van der Waals surface area contributed by atoms with Crippen LogP contribution < -0.4 is 5.32 Å². The van der Waals surface area contributed by atoms with Crippen LogP contribution in [-0.4, -0.2) is 21.4 Å². The fourth-order valence-corrected chi connectivity index (χ4v) is 2.54. The highest BCUT2D eigenvalue weighted by atomic mass is 35.5. The Bertz CT molecular complexity index is 855. The van der Waals surface area contributed by atoms with Crippen LogP contribution in [0.25, 0.3) is 10.9 Å². The van der Waals surface area contributed by atoms with E-state index in [2.05, 4.69) is 15.3 Å². The number of rotatable bonds is 5. The van der Waals surface area contributed by atoms with Crippen LogP contribution >= 0.6 is 11.6 Å². The van der Waals surface area contributed by atoms with Crippen molar-refractivity contribution in [2.45, 2.75) is 6.42 Å². The Morgan fingerprint density at radius 2 is 1.96 bits per heavy atom. The molecule has 0 aliphatic rings. The lowest BCUT2D eigenvalue weighted by atomic mass is 10.1. The van der Waals surface area contributed by atoms with Gasteiger partial charge in [0.1, 0.15) is 17.2 Å². The maximum atomic E-state index is 11.0. The summed E-state index contributed by atoms with van der Waals surface area (Å²) in [5.74, 6) is 0.561. The van der Waals surface area contributed by atoms with Gasteiger partial charge in [-0.25, -0.2) is 9.97 Å². The summed E-state index contributed by atoms with van der Waals surface area (Å²) in [6.45, 7) is 0.659. The highest BCUT2D eigenvalue weighted by Gasteiger charge is 2.16. The molecule has 0 spiro atoms. The molecule has 1 N–H and O–H groups in total. The summed E-state index contributed by atoms with van der Waals surface area (Å²) in [6.07, 6.45) is 2.23. The predicted octanol–water partition coefficient (Wildman–Crippen LogP) is 3.85. The van der Waals surface area contributed by atoms with Crippen molar-refractivity contribution in [3.05, 3.63) is 69.5 Å². The van der Waals surface area contributed by atoms with Gasteiger partial charge < -0.3 is 5.32 Å². The van der Waals surface area contributed by atoms with Crippen LogP contribution in [0.3, 0.4) is 0 Å². The van der Waals surface area contributed by atoms with E-state index in [0.29, 0.717) is 23.3 Å². The van der Waals surface area contributed by atoms with Gasteiger partial charge in [0.2, 0.25) is 0 Å². The lowest BCUT2D eigenvalue weighted by Crippen LogP contribution is -2.07. The van der Waals surface area contributed by atoms with E-state index >= 15 is 0 Å². The molecule has 0 bridgehead atoms. The topological polar surface area (TPSA) is 81.0 Å². The van der Waals surface area contributed by atoms with E-state index in [0.717, 1.165) is 6.42 Å². The second-order valence-electron chi connectivity index (χ2n) is 4.96. The highest BCUT2D eigenvalue weighted by Crippen LogP contribution is 2.31. The fourth-order valence-electron chi connectivity index (χ4n) is 2.32. The summed E-state index contributed by atoms with van der Waals surface area (Å²) >= 11 is 5.91. The number of aromatic nitrogens is 2. The largest absolute Gasteiger partial charge is 0.369 e. The van der Waals surface area contributed by atoms with Crippen LogP contribution in [0.4, 0.5) is 11.5 Å². The first-order valence-electron chi connectivity index (χ1n) is 7.01. The molecule has 1 heterocycles. The maximum Gasteiger partial charge on any atom is 0.288 e. The molecule has 6 nitrogen and oxygen atoms in total. The van der Waals surface area contributed by atoms with Crippen LogP contribution in [0, 0.1) is 10.1 Å². The van der Waals surface area contributed by atoms with Gasteiger partial charge in [-0.05, 0) is 18.1 Å². The molecule has 3 rings (SSSR count). The minimum absolute atomic E-state index is 0.0661. The molecule has 0 fully saturated rings. The summed E-state index contributed by atoms with van der Waals surface area (Å²) in [6, 6.07) is 12.9. The summed E-state index contributed by atoms with van der Waals surface area (Å²) in [5, 5.41) is 14.9. The van der Waals surface area contributed by atoms with Crippen molar-refractivity contribution in [3.63, 3.8) is 0 Å². The van der Waals surface area contributed by atoms with E-state index < -0.39 is 4.92 Å². The van der Waals surface area contributed by atoms with Crippen LogP contribution in [0.5, 0.6) is 0 Å². The molecule has 0 saturated heterocycles. The van der Waals surface area contributed by atoms with Crippen molar-refractivity contribution in [1.29, 1.82) is 0 Å². The quantitative estimate of drug-likeness (QED) is 0.568. The molecule has 116 valence electrons. The summed E-state index contributed by atoms with van der Waals surface area (Å²) in [5.41, 5.74) is 1.62. The first kappa shape index (κ1) is 15.2. The Balaban J connectivity index is 1.85. The van der Waals surface area contributed by atoms with E-state index in [1.54, 1.807) is 0 Å². The van der Waals surface area contributed by atoms with Gasteiger partial charge in [0.05, 0.1) is 10.4 Å². The number of hydrogen-bond acceptors (Lipinski definition) is 5. The van der Waals surface area contributed by atoms with Gasteiger partial charge in [0, 0.05) is 18.0 Å². The smallest absolute Gasteiger partial charge is 0.288 e. The Morgan fingerprint density at radius 1 is 1.17 bits per heavy atom. The van der Waals surface area contributed by atoms with Crippen LogP contribution in [0.15, 0.2) is 48.8 Å². The van der Waals surface area contributed by atoms with Gasteiger partial charge >= 0.3 is 0 Å². The average molecular weight is 329 g/mol. The van der Waals surface area contributed by atoms with Crippen molar-refractivity contribution >= 4 is 34.0 Å². The zero-order valence-corrected chi connectivity index (χ0v) is 12.8. The highest BCUT2D eigenvalue weighted by molar-refractivity contribution is 6.33. The van der Waals surface area contributed by atoms with E-state index in [4.69, 9.17) is 11.6 Å². The molecule has 0 radical (unpaired) electrons. The molecule has 2 aromatic carbocycles. The van der Waals surface area contributed by atoms with Gasteiger partial charge in [-0.2, -0.15) is 0 Å². The van der Waals surface area contributed by atoms with E-state index in [9.17, 15) is 10.1 Å². The van der Waals surface area contributed by atoms with Crippen LogP contribution in [-0.2, 0) is 6.42 Å². The van der Waals surface area contributed by atoms with Crippen molar-refractivity contribution < 1.29 is 4.92 Å². The first-order chi connectivity index (χ1) is 11.1. The Hall–Kier alpha value is -2.73. The predicted molar refractivity (Wildman–Crippen MR) is 89.8 cm³/mol. The normalized spacial score (nSPS) is 10.7. The Morgan fingerprint density at radius 3 is 2.70 bits per heavy atom. The van der Waals surface area contributed by atoms with Crippen molar-refractivity contribution in [2.24, 2.45) is 0 Å². The molecular formula is C16H13ClN4O2. The summed E-state index contributed by atoms with van der Waals surface area (Å²) < 4.78 is 0. The van der Waals surface area contributed by atoms with Crippen molar-refractivity contribution in [1.82, 2.24) is 9.97 Å². The van der Waals surface area contributed by atoms with Crippen molar-refractivity contribution in [2.75, 3.05) is 11.9 Å². The number of nitrogens with one attached hydrogen (secondary N) is 1. The second kappa shape index (κ2) is 6.58. The van der Waals surface area contributed by atoms with E-state index in [1.807, 2.05) is 30.3 Å². The lowest BCUT2D eigenvalue weighted by Gasteiger charge is -2.08. The van der Waals surface area contributed by atoms with E-state index in [-0.39, 0.29) is 10.7 Å². The molecule has 0 aliphatic carbocycles. The SMILES string of the molecule is O=[N+]([O-])c1cc2c(NCCc3ccccc3)ncnc2cc1Cl. The van der Waals surface area contributed by atoms with Gasteiger partial charge in [-0.15, -0.1) is 0 Å². The monoisotopic (exact) mass is 328 g/mol. The molecule has 0 atom stereocenters. The third-order valence-electron chi connectivity index (χ3n) is 3.45. The zero-order valence-electron chi connectivity index (χ0n) is 12.1. The third-order valence-corrected chi connectivity index (χ3v) is 3.75. The fraction of sp³-hybridized carbons (Fsp3) is 0.125. The second-order valence-corrected chi connectivity index (χ2v) is 5.37. The van der Waals surface area contributed by atoms with Gasteiger partial charge in [-0.3, -0.25) is 10.1 Å². The first-order valence-corrected chi connectivity index (χ1v) is 7.39. The average Bonchev–Trinajstić information content (AvgIpc) is 2.55. The molecule has 0 unspecified atom stereocenters. The number of nitrogens with zero attached hydrogens (tertiary/aromatic N) is 3. The molecule has 0 saturated carbocycles. The van der Waals surface area contributed by atoms with Crippen LogP contribution in [0.1, 0.15) is 5.56 Å². The van der Waals surface area contributed by atoms with Gasteiger partial charge in [-0.1, -0.05) is 41.9 Å². The van der Waals surface area contributed by atoms with Gasteiger partial charge in [0.25, 0.3) is 5.69 Å². The third kappa shape index (κ3) is 3.37. The molecule has 3 aromatic rings. The number of nitro groups is 1. The zero-order chi connectivity index (χ0) is 16.2. The standard InChI is InChI=1S/C16H13ClN4O2/c17-13-9-14-12(8-15(13)21(22)23)16(20-10-19-14)18-7-6-11-4-2-1-3-5-11/h1-5,8-10H,6-7H2,(H,18,19,20). The van der Waals surface area contributed by atoms with Crippen LogP contribution in [0.2, 0.25) is 5.02 Å². The molecule has 7 heteroatoms. The Kier molecular flexibility index (Phi) is 4.34. The number of benzene rings is 2. The maximum absolute atomic E-state index is 11.0. The van der Waals surface area contributed by atoms with Gasteiger partial charge in [0.15, 0.2) is 0 Å². The number of hydrogen-bond donors (Lipinski definition) is 1. The number of halogens is 1. The van der Waals surface area contributed by atoms with Crippen molar-refractivity contribution in [3.8, 4) is 0 Å². The molecule has 0 amide bonds. The molecule has 1 aromatic heterocycles. The summed E-state index contributed by atoms with van der Waals surface area (Å²) in [7, 11) is 0. The molecule has 0 aliphatic heterocycles. The molecule has 23 heavy (non-hydrogen) atoms. The molecular weight excluding hydrogens is 316 g/mol. The van der Waals surface area contributed by atoms with E-state index in [1.165, 1.54) is 24.0 Å². The summed E-state index contributed by atoms with van der Waals surface area (Å²) in [4.78, 5) is 18.8. The Labute approximate surface area is 137 Å². The lowest BCUT2D eigenvalue weighted by molar-refractivity contribution is -0.384. The number of fused-ring (bicyclic) bond motifs is 1. The minimum atomic E-state index is -0.511. The number of nitro benzene ring substituents is 1.